The lowest BCUT2D eigenvalue weighted by Crippen LogP contribution is -2.44. The van der Waals surface area contributed by atoms with E-state index in [1.54, 1.807) is 0 Å². The van der Waals surface area contributed by atoms with Crippen molar-refractivity contribution in [3.63, 3.8) is 0 Å². The number of hydrogen-bond donors (Lipinski definition) is 1. The van der Waals surface area contributed by atoms with E-state index in [0.717, 1.165) is 19.3 Å². The average Bonchev–Trinajstić information content (AvgIpc) is 2.05. The van der Waals surface area contributed by atoms with Gasteiger partial charge in [-0.1, -0.05) is 6.42 Å². The van der Waals surface area contributed by atoms with Gasteiger partial charge in [-0.15, -0.1) is 0 Å². The minimum Gasteiger partial charge on any atom is -0.377 e. The maximum Gasteiger partial charge on any atom is 0.177 e. The van der Waals surface area contributed by atoms with Crippen molar-refractivity contribution in [2.45, 2.75) is 37.4 Å². The third kappa shape index (κ3) is 1.52. The van der Waals surface area contributed by atoms with Crippen LogP contribution in [0.4, 0.5) is 0 Å². The van der Waals surface area contributed by atoms with Gasteiger partial charge in [-0.05, 0) is 19.3 Å². The van der Waals surface area contributed by atoms with Gasteiger partial charge in [0.25, 0.3) is 0 Å². The van der Waals surface area contributed by atoms with Crippen molar-refractivity contribution in [2.75, 3.05) is 7.11 Å². The lowest BCUT2D eigenvalue weighted by Gasteiger charge is -2.32. The van der Waals surface area contributed by atoms with Gasteiger partial charge in [-0.2, -0.15) is 5.26 Å². The Hall–Kier alpha value is -0.590. The Morgan fingerprint density at radius 2 is 2.36 bits per heavy atom. The summed E-state index contributed by atoms with van der Waals surface area (Å²) < 4.78 is 5.03. The van der Waals surface area contributed by atoms with Crippen LogP contribution < -0.4 is 0 Å². The molecular formula is C8H13NO2. The summed E-state index contributed by atoms with van der Waals surface area (Å²) in [5, 5.41) is 18.3. The van der Waals surface area contributed by atoms with Gasteiger partial charge in [0, 0.05) is 7.11 Å². The number of nitrogens with zero attached hydrogens (tertiary/aromatic N) is 1. The second-order valence-corrected chi connectivity index (χ2v) is 3.01. The highest BCUT2D eigenvalue weighted by Gasteiger charge is 2.39. The number of methoxy groups -OCH3 is 1. The zero-order chi connectivity index (χ0) is 8.32. The zero-order valence-corrected chi connectivity index (χ0v) is 6.71. The predicted molar refractivity (Wildman–Crippen MR) is 39.8 cm³/mol. The first-order valence-corrected chi connectivity index (χ1v) is 3.89. The predicted octanol–water partition coefficient (Wildman–Crippen LogP) is 0.830. The largest absolute Gasteiger partial charge is 0.377 e. The molecule has 1 saturated carbocycles. The topological polar surface area (TPSA) is 53.2 Å². The number of rotatable bonds is 1. The molecule has 0 heterocycles. The maximum atomic E-state index is 9.65. The van der Waals surface area contributed by atoms with E-state index in [1.807, 2.05) is 6.07 Å². The normalized spacial score (nSPS) is 38.1. The molecule has 0 aromatic heterocycles. The summed E-state index contributed by atoms with van der Waals surface area (Å²) in [4.78, 5) is 0. The molecule has 0 bridgehead atoms. The monoisotopic (exact) mass is 155 g/mol. The maximum absolute atomic E-state index is 9.65. The fourth-order valence-corrected chi connectivity index (χ4v) is 1.56. The van der Waals surface area contributed by atoms with Crippen molar-refractivity contribution in [1.82, 2.24) is 0 Å². The molecule has 0 unspecified atom stereocenters. The Labute approximate surface area is 66.6 Å². The summed E-state index contributed by atoms with van der Waals surface area (Å²) in [5.41, 5.74) is -1.23. The minimum absolute atomic E-state index is 0.291. The van der Waals surface area contributed by atoms with E-state index in [4.69, 9.17) is 10.00 Å². The molecule has 62 valence electrons. The first-order valence-electron chi connectivity index (χ1n) is 3.89. The van der Waals surface area contributed by atoms with Gasteiger partial charge in [0.15, 0.2) is 5.60 Å². The molecular weight excluding hydrogens is 142 g/mol. The molecule has 1 aliphatic carbocycles. The van der Waals surface area contributed by atoms with E-state index in [2.05, 4.69) is 0 Å². The van der Waals surface area contributed by atoms with Crippen molar-refractivity contribution in [3.8, 4) is 6.07 Å². The van der Waals surface area contributed by atoms with Gasteiger partial charge < -0.3 is 9.84 Å². The lowest BCUT2D eigenvalue weighted by molar-refractivity contribution is -0.0807. The third-order valence-corrected chi connectivity index (χ3v) is 2.29. The van der Waals surface area contributed by atoms with Crippen molar-refractivity contribution in [2.24, 2.45) is 0 Å². The summed E-state index contributed by atoms with van der Waals surface area (Å²) in [7, 11) is 1.54. The first-order chi connectivity index (χ1) is 5.23. The van der Waals surface area contributed by atoms with Crippen molar-refractivity contribution in [3.05, 3.63) is 0 Å². The van der Waals surface area contributed by atoms with E-state index < -0.39 is 5.60 Å². The Kier molecular flexibility index (Phi) is 2.48. The van der Waals surface area contributed by atoms with E-state index in [-0.39, 0.29) is 6.10 Å². The standard InChI is InChI=1S/C8H13NO2/c1-11-7-4-2-3-5-8(7,10)6-9/h7,10H,2-5H2,1H3/t7-,8-/m0/s1. The number of aliphatic hydroxyl groups is 1. The minimum atomic E-state index is -1.23. The van der Waals surface area contributed by atoms with E-state index >= 15 is 0 Å². The Balaban J connectivity index is 2.67. The summed E-state index contributed by atoms with van der Waals surface area (Å²) in [6.45, 7) is 0. The molecule has 0 spiro atoms. The van der Waals surface area contributed by atoms with Crippen LogP contribution in [-0.4, -0.2) is 23.9 Å². The molecule has 1 aliphatic rings. The molecule has 2 atom stereocenters. The van der Waals surface area contributed by atoms with Gasteiger partial charge in [0.05, 0.1) is 6.10 Å². The highest BCUT2D eigenvalue weighted by atomic mass is 16.5. The van der Waals surface area contributed by atoms with Crippen molar-refractivity contribution >= 4 is 0 Å². The molecule has 0 aromatic rings. The first kappa shape index (κ1) is 8.51. The van der Waals surface area contributed by atoms with Crippen LogP contribution >= 0.6 is 0 Å². The highest BCUT2D eigenvalue weighted by molar-refractivity contribution is 5.07. The van der Waals surface area contributed by atoms with Crippen LogP contribution in [-0.2, 0) is 4.74 Å². The van der Waals surface area contributed by atoms with Crippen LogP contribution in [0.15, 0.2) is 0 Å². The molecule has 3 nitrogen and oxygen atoms in total. The fraction of sp³-hybridized carbons (Fsp3) is 0.875. The van der Waals surface area contributed by atoms with Crippen LogP contribution in [0.1, 0.15) is 25.7 Å². The number of nitriles is 1. The van der Waals surface area contributed by atoms with Crippen molar-refractivity contribution in [1.29, 1.82) is 5.26 Å². The summed E-state index contributed by atoms with van der Waals surface area (Å²) >= 11 is 0. The molecule has 1 N–H and O–H groups in total. The highest BCUT2D eigenvalue weighted by Crippen LogP contribution is 2.29. The lowest BCUT2D eigenvalue weighted by atomic mass is 9.83. The van der Waals surface area contributed by atoms with E-state index in [1.165, 1.54) is 7.11 Å². The van der Waals surface area contributed by atoms with Crippen LogP contribution in [0.3, 0.4) is 0 Å². The molecule has 0 aromatic carbocycles. The number of hydrogen-bond acceptors (Lipinski definition) is 3. The molecule has 0 aliphatic heterocycles. The second kappa shape index (κ2) is 3.21. The van der Waals surface area contributed by atoms with Gasteiger partial charge in [-0.25, -0.2) is 0 Å². The molecule has 1 rings (SSSR count). The van der Waals surface area contributed by atoms with Gasteiger partial charge in [0.1, 0.15) is 6.07 Å². The SMILES string of the molecule is CO[C@H]1CCCC[C@]1(O)C#N. The number of ether oxygens (including phenoxy) is 1. The van der Waals surface area contributed by atoms with Crippen LogP contribution in [0, 0.1) is 11.3 Å². The fourth-order valence-electron chi connectivity index (χ4n) is 1.56. The van der Waals surface area contributed by atoms with Crippen molar-refractivity contribution < 1.29 is 9.84 Å². The smallest absolute Gasteiger partial charge is 0.177 e. The van der Waals surface area contributed by atoms with Gasteiger partial charge >= 0.3 is 0 Å². The molecule has 0 saturated heterocycles. The Morgan fingerprint density at radius 1 is 1.64 bits per heavy atom. The van der Waals surface area contributed by atoms with Crippen LogP contribution in [0.2, 0.25) is 0 Å². The second-order valence-electron chi connectivity index (χ2n) is 3.01. The van der Waals surface area contributed by atoms with Gasteiger partial charge in [0.2, 0.25) is 0 Å². The summed E-state index contributed by atoms with van der Waals surface area (Å²) in [5.74, 6) is 0. The molecule has 11 heavy (non-hydrogen) atoms. The molecule has 3 heteroatoms. The quantitative estimate of drug-likeness (QED) is 0.570. The Morgan fingerprint density at radius 3 is 2.82 bits per heavy atom. The average molecular weight is 155 g/mol. The van der Waals surface area contributed by atoms with Crippen LogP contribution in [0.25, 0.3) is 0 Å². The molecule has 0 amide bonds. The van der Waals surface area contributed by atoms with Gasteiger partial charge in [-0.3, -0.25) is 0 Å². The summed E-state index contributed by atoms with van der Waals surface area (Å²) in [6, 6.07) is 1.91. The zero-order valence-electron chi connectivity index (χ0n) is 6.71. The van der Waals surface area contributed by atoms with Crippen LogP contribution in [0.5, 0.6) is 0 Å². The third-order valence-electron chi connectivity index (χ3n) is 2.29. The Bertz CT molecular complexity index is 175. The summed E-state index contributed by atoms with van der Waals surface area (Å²) in [6.07, 6.45) is 3.01. The molecule has 1 fully saturated rings. The van der Waals surface area contributed by atoms with E-state index in [9.17, 15) is 5.11 Å². The van der Waals surface area contributed by atoms with E-state index in [0.29, 0.717) is 6.42 Å². The molecule has 0 radical (unpaired) electrons.